The fourth-order valence-corrected chi connectivity index (χ4v) is 4.46. The lowest BCUT2D eigenvalue weighted by Gasteiger charge is -2.35. The number of hydrogen-bond acceptors (Lipinski definition) is 6. The molecule has 0 heterocycles. The molecule has 0 spiro atoms. The van der Waals surface area contributed by atoms with Crippen molar-refractivity contribution >= 4 is 15.9 Å². The smallest absolute Gasteiger partial charge is 0.247 e. The highest BCUT2D eigenvalue weighted by molar-refractivity contribution is 7.88. The molecule has 2 aromatic rings. The van der Waals surface area contributed by atoms with Crippen LogP contribution in [0.2, 0.25) is 0 Å². The fourth-order valence-electron chi connectivity index (χ4n) is 2.92. The minimum absolute atomic E-state index is 0.292. The zero-order valence-electron chi connectivity index (χ0n) is 17.5. The number of carbonyl (C=O) groups excluding carboxylic acids is 1. The van der Waals surface area contributed by atoms with Crippen LogP contribution in [0, 0.1) is 0 Å². The average molecular weight is 437 g/mol. The molecule has 0 fully saturated rings. The van der Waals surface area contributed by atoms with Gasteiger partial charge in [-0.05, 0) is 43.7 Å². The van der Waals surface area contributed by atoms with E-state index in [9.17, 15) is 13.2 Å². The summed E-state index contributed by atoms with van der Waals surface area (Å²) in [6.07, 6.45) is -1.24. The van der Waals surface area contributed by atoms with Crippen LogP contribution in [0.5, 0.6) is 11.5 Å². The van der Waals surface area contributed by atoms with E-state index in [1.165, 1.54) is 21.1 Å². The van der Waals surface area contributed by atoms with Crippen LogP contribution < -0.4 is 19.5 Å². The van der Waals surface area contributed by atoms with Gasteiger partial charge in [0, 0.05) is 14.2 Å². The molecule has 0 aliphatic carbocycles. The highest BCUT2D eigenvalue weighted by Crippen LogP contribution is 2.24. The number of methoxy groups -OCH3 is 1. The Kier molecular flexibility index (Phi) is 8.22. The van der Waals surface area contributed by atoms with Crippen molar-refractivity contribution in [3.8, 4) is 11.5 Å². The lowest BCUT2D eigenvalue weighted by molar-refractivity contribution is -0.147. The van der Waals surface area contributed by atoms with Crippen molar-refractivity contribution in [2.24, 2.45) is 0 Å². The molecule has 8 nitrogen and oxygen atoms in total. The van der Waals surface area contributed by atoms with Gasteiger partial charge in [-0.2, -0.15) is 4.72 Å². The molecular weight excluding hydrogens is 408 g/mol. The molecule has 0 radical (unpaired) electrons. The van der Waals surface area contributed by atoms with E-state index in [4.69, 9.17) is 14.2 Å². The molecule has 1 amide bonds. The lowest BCUT2D eigenvalue weighted by atomic mass is 10.0. The first-order valence-corrected chi connectivity index (χ1v) is 11.1. The maximum Gasteiger partial charge on any atom is 0.247 e. The van der Waals surface area contributed by atoms with Crippen molar-refractivity contribution in [3.63, 3.8) is 0 Å². The second-order valence-electron chi connectivity index (χ2n) is 6.72. The summed E-state index contributed by atoms with van der Waals surface area (Å²) >= 11 is 0. The lowest BCUT2D eigenvalue weighted by Crippen LogP contribution is -2.65. The molecular formula is C21H28N2O6S. The Labute approximate surface area is 177 Å². The van der Waals surface area contributed by atoms with Gasteiger partial charge in [0.2, 0.25) is 22.2 Å². The van der Waals surface area contributed by atoms with Gasteiger partial charge < -0.3 is 19.5 Å². The first kappa shape index (κ1) is 23.7. The highest BCUT2D eigenvalue weighted by atomic mass is 32.2. The van der Waals surface area contributed by atoms with Gasteiger partial charge in [-0.1, -0.05) is 30.3 Å². The Hall–Kier alpha value is -2.62. The molecule has 0 saturated carbocycles. The summed E-state index contributed by atoms with van der Waals surface area (Å²) < 4.78 is 44.7. The highest BCUT2D eigenvalue weighted by Gasteiger charge is 2.46. The van der Waals surface area contributed by atoms with Crippen molar-refractivity contribution in [2.75, 3.05) is 20.8 Å². The van der Waals surface area contributed by atoms with Gasteiger partial charge in [0.05, 0.1) is 12.4 Å². The predicted octanol–water partition coefficient (Wildman–Crippen LogP) is 2.06. The summed E-state index contributed by atoms with van der Waals surface area (Å²) in [5.41, 5.74) is -1.14. The van der Waals surface area contributed by atoms with Gasteiger partial charge in [0.25, 0.3) is 0 Å². The summed E-state index contributed by atoms with van der Waals surface area (Å²) in [6, 6.07) is 15.4. The maximum atomic E-state index is 12.8. The van der Waals surface area contributed by atoms with Crippen LogP contribution in [0.3, 0.4) is 0 Å². The van der Waals surface area contributed by atoms with Crippen LogP contribution in [0.4, 0.5) is 0 Å². The second kappa shape index (κ2) is 10.4. The van der Waals surface area contributed by atoms with Crippen LogP contribution in [0.1, 0.15) is 19.4 Å². The summed E-state index contributed by atoms with van der Waals surface area (Å²) in [7, 11) is -1.15. The number of likely N-dealkylation sites (N-methyl/N-ethyl adjacent to an activating group) is 1. The topological polar surface area (TPSA) is 103 Å². The molecule has 0 aliphatic rings. The molecule has 164 valence electrons. The van der Waals surface area contributed by atoms with E-state index in [1.54, 1.807) is 54.6 Å². The Morgan fingerprint density at radius 1 is 1.07 bits per heavy atom. The van der Waals surface area contributed by atoms with E-state index < -0.39 is 27.8 Å². The van der Waals surface area contributed by atoms with Crippen LogP contribution >= 0.6 is 0 Å². The van der Waals surface area contributed by atoms with Gasteiger partial charge in [0.15, 0.2) is 5.54 Å². The van der Waals surface area contributed by atoms with Gasteiger partial charge >= 0.3 is 0 Å². The van der Waals surface area contributed by atoms with E-state index >= 15 is 0 Å². The zero-order chi connectivity index (χ0) is 22.2. The third-order valence-corrected chi connectivity index (χ3v) is 5.78. The van der Waals surface area contributed by atoms with Crippen LogP contribution in [0.25, 0.3) is 0 Å². The predicted molar refractivity (Wildman–Crippen MR) is 114 cm³/mol. The average Bonchev–Trinajstić information content (AvgIpc) is 2.72. The maximum absolute atomic E-state index is 12.8. The summed E-state index contributed by atoms with van der Waals surface area (Å²) in [5, 5.41) is 2.47. The summed E-state index contributed by atoms with van der Waals surface area (Å²) in [5.74, 6) is 0.163. The third-order valence-electron chi connectivity index (χ3n) is 4.33. The summed E-state index contributed by atoms with van der Waals surface area (Å²) in [6.45, 7) is 3.82. The number of rotatable bonds is 11. The van der Waals surface area contributed by atoms with Crippen molar-refractivity contribution in [1.82, 2.24) is 10.0 Å². The van der Waals surface area contributed by atoms with Gasteiger partial charge in [-0.15, -0.1) is 0 Å². The van der Waals surface area contributed by atoms with Gasteiger partial charge in [0.1, 0.15) is 11.5 Å². The number of nitrogens with one attached hydrogen (secondary N) is 2. The molecule has 0 bridgehead atoms. The van der Waals surface area contributed by atoms with Crippen molar-refractivity contribution in [3.05, 3.63) is 60.2 Å². The normalized spacial score (nSPS) is 14.4. The molecule has 0 saturated heterocycles. The van der Waals surface area contributed by atoms with Crippen LogP contribution in [0.15, 0.2) is 54.6 Å². The SMILES string of the molecule is CCOc1ccc(OC(OC)C(C)(NS(=O)(=O)Cc2ccccc2)C(=O)NC)cc1. The van der Waals surface area contributed by atoms with Gasteiger partial charge in [-0.3, -0.25) is 4.79 Å². The van der Waals surface area contributed by atoms with E-state index in [1.807, 2.05) is 6.92 Å². The Morgan fingerprint density at radius 2 is 1.67 bits per heavy atom. The molecule has 9 heteroatoms. The largest absolute Gasteiger partial charge is 0.494 e. The minimum atomic E-state index is -3.90. The van der Waals surface area contributed by atoms with Crippen molar-refractivity contribution < 1.29 is 27.4 Å². The molecule has 0 aliphatic heterocycles. The van der Waals surface area contributed by atoms with E-state index in [2.05, 4.69) is 10.0 Å². The molecule has 2 unspecified atom stereocenters. The quantitative estimate of drug-likeness (QED) is 0.523. The van der Waals surface area contributed by atoms with Crippen LogP contribution in [-0.2, 0) is 25.3 Å². The Balaban J connectivity index is 2.26. The number of carbonyl (C=O) groups is 1. The molecule has 2 rings (SSSR count). The number of ether oxygens (including phenoxy) is 3. The molecule has 0 aromatic heterocycles. The number of hydrogen-bond donors (Lipinski definition) is 2. The standard InChI is InChI=1S/C21H28N2O6S/c1-5-28-17-11-13-18(14-12-17)29-20(27-4)21(2,19(24)22-3)23-30(25,26)15-16-9-7-6-8-10-16/h6-14,20,23H,5,15H2,1-4H3,(H,22,24). The Bertz CT molecular complexity index is 918. The summed E-state index contributed by atoms with van der Waals surface area (Å²) in [4.78, 5) is 12.7. The zero-order valence-corrected chi connectivity index (χ0v) is 18.4. The van der Waals surface area contributed by atoms with E-state index in [0.29, 0.717) is 23.7 Å². The number of amides is 1. The van der Waals surface area contributed by atoms with E-state index in [-0.39, 0.29) is 5.75 Å². The van der Waals surface area contributed by atoms with Crippen molar-refractivity contribution in [2.45, 2.75) is 31.4 Å². The molecule has 2 N–H and O–H groups in total. The van der Waals surface area contributed by atoms with Crippen molar-refractivity contribution in [1.29, 1.82) is 0 Å². The molecule has 2 atom stereocenters. The molecule has 2 aromatic carbocycles. The number of benzene rings is 2. The monoisotopic (exact) mass is 436 g/mol. The first-order valence-electron chi connectivity index (χ1n) is 9.44. The molecule has 30 heavy (non-hydrogen) atoms. The fraction of sp³-hybridized carbons (Fsp3) is 0.381. The first-order chi connectivity index (χ1) is 14.2. The minimum Gasteiger partial charge on any atom is -0.494 e. The second-order valence-corrected chi connectivity index (χ2v) is 8.44. The van der Waals surface area contributed by atoms with Crippen LogP contribution in [-0.4, -0.2) is 46.9 Å². The van der Waals surface area contributed by atoms with E-state index in [0.717, 1.165) is 0 Å². The number of sulfonamides is 1. The Morgan fingerprint density at radius 3 is 2.20 bits per heavy atom. The third kappa shape index (κ3) is 6.19. The van der Waals surface area contributed by atoms with Gasteiger partial charge in [-0.25, -0.2) is 8.42 Å².